The number of benzene rings is 2. The van der Waals surface area contributed by atoms with Crippen molar-refractivity contribution in [3.63, 3.8) is 0 Å². The molecule has 11 heteroatoms. The molecular formula is C29H26F3N5O2S. The van der Waals surface area contributed by atoms with Crippen LogP contribution in [0.4, 0.5) is 24.5 Å². The van der Waals surface area contributed by atoms with Gasteiger partial charge >= 0.3 is 6.18 Å². The molecule has 2 aromatic carbocycles. The number of nitrogens with zero attached hydrogens (tertiary/aromatic N) is 3. The third-order valence-corrected chi connectivity index (χ3v) is 7.01. The van der Waals surface area contributed by atoms with Gasteiger partial charge < -0.3 is 24.8 Å². The fourth-order valence-electron chi connectivity index (χ4n) is 4.81. The Balaban J connectivity index is 1.63. The lowest BCUT2D eigenvalue weighted by Gasteiger charge is -2.29. The Morgan fingerprint density at radius 1 is 1.07 bits per heavy atom. The standard InChI is InChI=1S/C29H26F3N5O2S/c1-3-25(38)34-21-13-12-20(17-24(21)39-2)37-27(26(35-28(37)40)22-10-4-5-14-33-22)23-11-7-15-36(23)19-9-6-8-18(16-19)29(30,31)32/h4-17,26-27H,3H2,1-2H3,(H,34,38)(H,35,40). The van der Waals surface area contributed by atoms with E-state index in [4.69, 9.17) is 17.0 Å². The molecule has 1 fully saturated rings. The molecule has 1 saturated heterocycles. The van der Waals surface area contributed by atoms with Crippen LogP contribution in [-0.4, -0.2) is 27.7 Å². The van der Waals surface area contributed by atoms with Gasteiger partial charge in [0.25, 0.3) is 0 Å². The van der Waals surface area contributed by atoms with E-state index in [0.717, 1.165) is 12.1 Å². The van der Waals surface area contributed by atoms with Crippen molar-refractivity contribution in [3.8, 4) is 11.4 Å². The molecule has 4 aromatic rings. The van der Waals surface area contributed by atoms with E-state index in [2.05, 4.69) is 15.6 Å². The molecule has 206 valence electrons. The number of aromatic nitrogens is 2. The zero-order chi connectivity index (χ0) is 28.4. The number of amides is 1. The van der Waals surface area contributed by atoms with E-state index >= 15 is 0 Å². The average Bonchev–Trinajstić information content (AvgIpc) is 3.57. The van der Waals surface area contributed by atoms with E-state index in [1.165, 1.54) is 13.2 Å². The molecule has 1 aliphatic heterocycles. The van der Waals surface area contributed by atoms with Crippen LogP contribution in [0, 0.1) is 0 Å². The van der Waals surface area contributed by atoms with Crippen LogP contribution >= 0.6 is 12.2 Å². The number of pyridine rings is 1. The number of rotatable bonds is 7. The highest BCUT2D eigenvalue weighted by Crippen LogP contribution is 2.44. The normalized spacial score (nSPS) is 17.0. The number of thiocarbonyl (C=S) groups is 1. The van der Waals surface area contributed by atoms with E-state index in [0.29, 0.717) is 45.7 Å². The van der Waals surface area contributed by atoms with Gasteiger partial charge in [-0.2, -0.15) is 13.2 Å². The molecule has 1 amide bonds. The summed E-state index contributed by atoms with van der Waals surface area (Å²) < 4.78 is 47.9. The molecule has 2 atom stereocenters. The van der Waals surface area contributed by atoms with Gasteiger partial charge in [-0.15, -0.1) is 0 Å². The molecule has 0 radical (unpaired) electrons. The van der Waals surface area contributed by atoms with E-state index in [-0.39, 0.29) is 5.91 Å². The van der Waals surface area contributed by atoms with Crippen molar-refractivity contribution < 1.29 is 22.7 Å². The fraction of sp³-hybridized carbons (Fsp3) is 0.207. The van der Waals surface area contributed by atoms with Crippen LogP contribution < -0.4 is 20.3 Å². The minimum Gasteiger partial charge on any atom is -0.494 e. The SMILES string of the molecule is CCC(=O)Nc1ccc(N2C(=S)NC(c3ccccn3)C2c2cccn2-c2cccc(C(F)(F)F)c2)cc1OC. The Bertz CT molecular complexity index is 1540. The van der Waals surface area contributed by atoms with Crippen molar-refractivity contribution in [2.45, 2.75) is 31.6 Å². The third-order valence-electron chi connectivity index (χ3n) is 6.69. The highest BCUT2D eigenvalue weighted by molar-refractivity contribution is 7.80. The van der Waals surface area contributed by atoms with Crippen molar-refractivity contribution in [2.75, 3.05) is 17.3 Å². The number of anilines is 2. The molecule has 2 unspecified atom stereocenters. The zero-order valence-corrected chi connectivity index (χ0v) is 22.5. The zero-order valence-electron chi connectivity index (χ0n) is 21.6. The third kappa shape index (κ3) is 5.24. The van der Waals surface area contributed by atoms with Gasteiger partial charge in [0.05, 0.1) is 30.1 Å². The number of methoxy groups -OCH3 is 1. The maximum Gasteiger partial charge on any atom is 0.416 e. The highest BCUT2D eigenvalue weighted by Gasteiger charge is 2.42. The molecule has 3 heterocycles. The smallest absolute Gasteiger partial charge is 0.416 e. The summed E-state index contributed by atoms with van der Waals surface area (Å²) >= 11 is 5.80. The number of ether oxygens (including phenoxy) is 1. The maximum atomic E-state index is 13.5. The first-order valence-corrected chi connectivity index (χ1v) is 13.0. The first-order chi connectivity index (χ1) is 19.2. The summed E-state index contributed by atoms with van der Waals surface area (Å²) in [6.07, 6.45) is -0.761. The monoisotopic (exact) mass is 565 g/mol. The summed E-state index contributed by atoms with van der Waals surface area (Å²) in [5.41, 5.74) is 2.22. The second kappa shape index (κ2) is 11.0. The molecule has 5 rings (SSSR count). The average molecular weight is 566 g/mol. The van der Waals surface area contributed by atoms with Gasteiger partial charge in [0.1, 0.15) is 11.8 Å². The minimum atomic E-state index is -4.48. The van der Waals surface area contributed by atoms with Crippen LogP contribution in [-0.2, 0) is 11.0 Å². The van der Waals surface area contributed by atoms with Crippen molar-refractivity contribution in [3.05, 3.63) is 102 Å². The molecule has 1 aliphatic rings. The van der Waals surface area contributed by atoms with Crippen LogP contribution in [0.2, 0.25) is 0 Å². The quantitative estimate of drug-likeness (QED) is 0.252. The van der Waals surface area contributed by atoms with Crippen LogP contribution in [0.25, 0.3) is 5.69 Å². The Hall–Kier alpha value is -4.38. The van der Waals surface area contributed by atoms with Gasteiger partial charge in [0.2, 0.25) is 5.91 Å². The Morgan fingerprint density at radius 2 is 1.90 bits per heavy atom. The Morgan fingerprint density at radius 3 is 2.60 bits per heavy atom. The van der Waals surface area contributed by atoms with Crippen LogP contribution in [0.5, 0.6) is 5.75 Å². The lowest BCUT2D eigenvalue weighted by atomic mass is 10.0. The second-order valence-corrected chi connectivity index (χ2v) is 9.52. The summed E-state index contributed by atoms with van der Waals surface area (Å²) in [7, 11) is 1.51. The molecule has 0 spiro atoms. The van der Waals surface area contributed by atoms with E-state index in [1.54, 1.807) is 48.1 Å². The predicted octanol–water partition coefficient (Wildman–Crippen LogP) is 6.43. The lowest BCUT2D eigenvalue weighted by Crippen LogP contribution is -2.30. The second-order valence-electron chi connectivity index (χ2n) is 9.13. The molecule has 0 aliphatic carbocycles. The van der Waals surface area contributed by atoms with Crippen LogP contribution in [0.3, 0.4) is 0 Å². The van der Waals surface area contributed by atoms with Crippen molar-refractivity contribution in [1.29, 1.82) is 0 Å². The molecule has 40 heavy (non-hydrogen) atoms. The molecule has 2 aromatic heterocycles. The van der Waals surface area contributed by atoms with E-state index in [9.17, 15) is 18.0 Å². The van der Waals surface area contributed by atoms with Gasteiger partial charge in [0.15, 0.2) is 5.11 Å². The Kier molecular flexibility index (Phi) is 7.49. The van der Waals surface area contributed by atoms with Crippen molar-refractivity contribution >= 4 is 34.6 Å². The van der Waals surface area contributed by atoms with Gasteiger partial charge in [-0.05, 0) is 66.8 Å². The van der Waals surface area contributed by atoms with Gasteiger partial charge in [0, 0.05) is 41.9 Å². The molecular weight excluding hydrogens is 539 g/mol. The summed E-state index contributed by atoms with van der Waals surface area (Å²) in [6, 6.07) is 18.8. The van der Waals surface area contributed by atoms with Crippen molar-refractivity contribution in [1.82, 2.24) is 14.9 Å². The summed E-state index contributed by atoms with van der Waals surface area (Å²) in [4.78, 5) is 18.5. The molecule has 0 saturated carbocycles. The fourth-order valence-corrected chi connectivity index (χ4v) is 5.15. The number of alkyl halides is 3. The number of carbonyl (C=O) groups is 1. The van der Waals surface area contributed by atoms with Gasteiger partial charge in [-0.1, -0.05) is 19.1 Å². The van der Waals surface area contributed by atoms with Crippen LogP contribution in [0.1, 0.15) is 42.4 Å². The largest absolute Gasteiger partial charge is 0.494 e. The molecule has 0 bridgehead atoms. The highest BCUT2D eigenvalue weighted by atomic mass is 32.1. The van der Waals surface area contributed by atoms with E-state index in [1.807, 2.05) is 35.2 Å². The first-order valence-electron chi connectivity index (χ1n) is 12.5. The van der Waals surface area contributed by atoms with Gasteiger partial charge in [-0.25, -0.2) is 0 Å². The summed E-state index contributed by atoms with van der Waals surface area (Å²) in [5.74, 6) is 0.284. The topological polar surface area (TPSA) is 71.4 Å². The number of nitrogens with one attached hydrogen (secondary N) is 2. The number of hydrogen-bond acceptors (Lipinski definition) is 4. The lowest BCUT2D eigenvalue weighted by molar-refractivity contribution is -0.137. The predicted molar refractivity (Wildman–Crippen MR) is 151 cm³/mol. The van der Waals surface area contributed by atoms with Crippen molar-refractivity contribution in [2.24, 2.45) is 0 Å². The summed E-state index contributed by atoms with van der Waals surface area (Å²) in [6.45, 7) is 1.76. The summed E-state index contributed by atoms with van der Waals surface area (Å²) in [5, 5.41) is 6.59. The molecule has 2 N–H and O–H groups in total. The number of carbonyl (C=O) groups excluding carboxylic acids is 1. The number of hydrogen-bond donors (Lipinski definition) is 2. The number of halogens is 3. The van der Waals surface area contributed by atoms with Crippen LogP contribution in [0.15, 0.2) is 85.2 Å². The molecule has 7 nitrogen and oxygen atoms in total. The van der Waals surface area contributed by atoms with Gasteiger partial charge in [-0.3, -0.25) is 9.78 Å². The first kappa shape index (κ1) is 27.2. The maximum absolute atomic E-state index is 13.5. The minimum absolute atomic E-state index is 0.156. The Labute approximate surface area is 234 Å². The van der Waals surface area contributed by atoms with E-state index < -0.39 is 23.8 Å².